The molecule has 0 saturated heterocycles. The highest BCUT2D eigenvalue weighted by Crippen LogP contribution is 2.25. The van der Waals surface area contributed by atoms with Gasteiger partial charge in [-0.1, -0.05) is 12.1 Å². The van der Waals surface area contributed by atoms with E-state index in [9.17, 15) is 28.6 Å². The minimum Gasteiger partial charge on any atom is -0.279 e. The first-order chi connectivity index (χ1) is 10.7. The number of benzene rings is 2. The third-order valence-electron chi connectivity index (χ3n) is 2.98. The van der Waals surface area contributed by atoms with Gasteiger partial charge in [0.25, 0.3) is 21.4 Å². The van der Waals surface area contributed by atoms with Crippen LogP contribution in [0.15, 0.2) is 47.4 Å². The van der Waals surface area contributed by atoms with Gasteiger partial charge in [0.1, 0.15) is 0 Å². The number of hydrogen-bond acceptors (Lipinski definition) is 6. The fraction of sp³-hybridized carbons (Fsp3) is 0.0769. The minimum atomic E-state index is -4.12. The second kappa shape index (κ2) is 6.01. The number of nitro groups is 2. The predicted octanol–water partition coefficient (Wildman–Crippen LogP) is 2.61. The van der Waals surface area contributed by atoms with Gasteiger partial charge < -0.3 is 0 Å². The molecule has 0 bridgehead atoms. The third-order valence-corrected chi connectivity index (χ3v) is 4.50. The van der Waals surface area contributed by atoms with E-state index >= 15 is 0 Å². The maximum atomic E-state index is 12.4. The van der Waals surface area contributed by atoms with E-state index in [-0.39, 0.29) is 22.0 Å². The molecule has 0 aromatic heterocycles. The van der Waals surface area contributed by atoms with Gasteiger partial charge in [0, 0.05) is 24.3 Å². The van der Waals surface area contributed by atoms with Crippen LogP contribution in [0, 0.1) is 27.2 Å². The van der Waals surface area contributed by atoms with Crippen molar-refractivity contribution in [1.82, 2.24) is 0 Å². The van der Waals surface area contributed by atoms with Gasteiger partial charge in [-0.15, -0.1) is 0 Å². The maximum absolute atomic E-state index is 12.4. The Morgan fingerprint density at radius 2 is 1.57 bits per heavy atom. The summed E-state index contributed by atoms with van der Waals surface area (Å²) in [7, 11) is -4.12. The third kappa shape index (κ3) is 3.61. The fourth-order valence-corrected chi connectivity index (χ4v) is 3.20. The monoisotopic (exact) mass is 337 g/mol. The lowest BCUT2D eigenvalue weighted by atomic mass is 10.2. The van der Waals surface area contributed by atoms with Gasteiger partial charge in [-0.2, -0.15) is 0 Å². The van der Waals surface area contributed by atoms with E-state index in [1.54, 1.807) is 0 Å². The van der Waals surface area contributed by atoms with Gasteiger partial charge in [-0.25, -0.2) is 8.42 Å². The summed E-state index contributed by atoms with van der Waals surface area (Å²) in [6.07, 6.45) is 0. The Kier molecular flexibility index (Phi) is 4.27. The maximum Gasteiger partial charge on any atom is 0.271 e. The molecule has 0 radical (unpaired) electrons. The lowest BCUT2D eigenvalue weighted by molar-refractivity contribution is -0.385. The van der Waals surface area contributed by atoms with Crippen LogP contribution in [0.1, 0.15) is 5.56 Å². The molecule has 2 aromatic rings. The summed E-state index contributed by atoms with van der Waals surface area (Å²) in [5.41, 5.74) is -0.338. The summed E-state index contributed by atoms with van der Waals surface area (Å²) < 4.78 is 26.9. The molecule has 0 aliphatic heterocycles. The number of sulfonamides is 1. The highest BCUT2D eigenvalue weighted by molar-refractivity contribution is 7.92. The van der Waals surface area contributed by atoms with Gasteiger partial charge in [0.15, 0.2) is 0 Å². The van der Waals surface area contributed by atoms with E-state index in [4.69, 9.17) is 0 Å². The summed E-state index contributed by atoms with van der Waals surface area (Å²) in [5, 5.41) is 21.5. The van der Waals surface area contributed by atoms with Gasteiger partial charge in [0.05, 0.1) is 20.4 Å². The fourth-order valence-electron chi connectivity index (χ4n) is 1.88. The van der Waals surface area contributed by atoms with Crippen LogP contribution in [0.4, 0.5) is 17.1 Å². The molecule has 10 heteroatoms. The molecule has 0 heterocycles. The molecular formula is C13H11N3O6S. The summed E-state index contributed by atoms with van der Waals surface area (Å²) in [6.45, 7) is 1.49. The first kappa shape index (κ1) is 16.4. The van der Waals surface area contributed by atoms with Crippen molar-refractivity contribution >= 4 is 27.1 Å². The molecule has 0 fully saturated rings. The standard InChI is InChI=1S/C13H11N3O6S/c1-9-5-6-12(16(19)20)8-13(9)23(21,22)14-10-3-2-4-11(7-10)15(17)18/h2-8,14H,1H3. The second-order valence-electron chi connectivity index (χ2n) is 4.62. The number of nitrogens with zero attached hydrogens (tertiary/aromatic N) is 2. The summed E-state index contributed by atoms with van der Waals surface area (Å²) in [4.78, 5) is 19.9. The molecule has 1 N–H and O–H groups in total. The molecule has 0 saturated carbocycles. The smallest absolute Gasteiger partial charge is 0.271 e. The topological polar surface area (TPSA) is 132 Å². The van der Waals surface area contributed by atoms with Crippen LogP contribution in [0.2, 0.25) is 0 Å². The van der Waals surface area contributed by atoms with E-state index in [0.29, 0.717) is 5.56 Å². The van der Waals surface area contributed by atoms with E-state index in [1.165, 1.54) is 37.3 Å². The number of hydrogen-bond donors (Lipinski definition) is 1. The van der Waals surface area contributed by atoms with E-state index in [2.05, 4.69) is 4.72 Å². The number of non-ortho nitro benzene ring substituents is 2. The van der Waals surface area contributed by atoms with Crippen LogP contribution in [0.3, 0.4) is 0 Å². The van der Waals surface area contributed by atoms with Crippen molar-refractivity contribution in [2.45, 2.75) is 11.8 Å². The lowest BCUT2D eigenvalue weighted by Gasteiger charge is -2.10. The molecule has 23 heavy (non-hydrogen) atoms. The number of aryl methyl sites for hydroxylation is 1. The zero-order valence-electron chi connectivity index (χ0n) is 11.8. The van der Waals surface area contributed by atoms with Crippen molar-refractivity contribution < 1.29 is 18.3 Å². The van der Waals surface area contributed by atoms with E-state index in [1.807, 2.05) is 0 Å². The second-order valence-corrected chi connectivity index (χ2v) is 6.27. The highest BCUT2D eigenvalue weighted by atomic mass is 32.2. The van der Waals surface area contributed by atoms with Crippen molar-refractivity contribution in [2.75, 3.05) is 4.72 Å². The average Bonchev–Trinajstić information content (AvgIpc) is 2.47. The molecule has 2 aromatic carbocycles. The Morgan fingerprint density at radius 1 is 0.957 bits per heavy atom. The Bertz CT molecular complexity index is 894. The van der Waals surface area contributed by atoms with Gasteiger partial charge in [-0.05, 0) is 18.6 Å². The van der Waals surface area contributed by atoms with Gasteiger partial charge in [-0.3, -0.25) is 25.0 Å². The number of nitrogens with one attached hydrogen (secondary N) is 1. The molecule has 0 aliphatic carbocycles. The Morgan fingerprint density at radius 3 is 2.17 bits per heavy atom. The number of nitro benzene ring substituents is 2. The Hall–Kier alpha value is -3.01. The van der Waals surface area contributed by atoms with Crippen LogP contribution in [0.5, 0.6) is 0 Å². The highest BCUT2D eigenvalue weighted by Gasteiger charge is 2.21. The number of rotatable bonds is 5. The zero-order valence-corrected chi connectivity index (χ0v) is 12.6. The SMILES string of the molecule is Cc1ccc([N+](=O)[O-])cc1S(=O)(=O)Nc1cccc([N+](=O)[O-])c1. The van der Waals surface area contributed by atoms with Crippen molar-refractivity contribution in [3.05, 3.63) is 68.3 Å². The molecule has 0 aliphatic rings. The molecule has 0 amide bonds. The van der Waals surface area contributed by atoms with Crippen molar-refractivity contribution in [3.63, 3.8) is 0 Å². The summed E-state index contributed by atoms with van der Waals surface area (Å²) in [5.74, 6) is 0. The average molecular weight is 337 g/mol. The largest absolute Gasteiger partial charge is 0.279 e. The molecule has 2 rings (SSSR count). The normalized spacial score (nSPS) is 11.0. The molecule has 9 nitrogen and oxygen atoms in total. The van der Waals surface area contributed by atoms with Crippen LogP contribution >= 0.6 is 0 Å². The van der Waals surface area contributed by atoms with Crippen LogP contribution in [-0.2, 0) is 10.0 Å². The predicted molar refractivity (Wildman–Crippen MR) is 81.7 cm³/mol. The van der Waals surface area contributed by atoms with Crippen LogP contribution < -0.4 is 4.72 Å². The number of anilines is 1. The summed E-state index contributed by atoms with van der Waals surface area (Å²) >= 11 is 0. The quantitative estimate of drug-likeness (QED) is 0.658. The lowest BCUT2D eigenvalue weighted by Crippen LogP contribution is -2.14. The summed E-state index contributed by atoms with van der Waals surface area (Å²) in [6, 6.07) is 8.41. The Labute approximate surface area is 130 Å². The molecular weight excluding hydrogens is 326 g/mol. The Balaban J connectivity index is 2.43. The van der Waals surface area contributed by atoms with Crippen LogP contribution in [-0.4, -0.2) is 18.3 Å². The van der Waals surface area contributed by atoms with Crippen molar-refractivity contribution in [3.8, 4) is 0 Å². The molecule has 0 spiro atoms. The van der Waals surface area contributed by atoms with E-state index in [0.717, 1.165) is 12.1 Å². The van der Waals surface area contributed by atoms with E-state index < -0.39 is 19.9 Å². The zero-order chi connectivity index (χ0) is 17.2. The van der Waals surface area contributed by atoms with Crippen molar-refractivity contribution in [1.29, 1.82) is 0 Å². The molecule has 0 unspecified atom stereocenters. The first-order valence-corrected chi connectivity index (χ1v) is 7.71. The van der Waals surface area contributed by atoms with Gasteiger partial charge in [0.2, 0.25) is 0 Å². The van der Waals surface area contributed by atoms with Crippen molar-refractivity contribution in [2.24, 2.45) is 0 Å². The van der Waals surface area contributed by atoms with Crippen LogP contribution in [0.25, 0.3) is 0 Å². The first-order valence-electron chi connectivity index (χ1n) is 6.23. The van der Waals surface area contributed by atoms with Gasteiger partial charge >= 0.3 is 0 Å². The molecule has 120 valence electrons. The minimum absolute atomic E-state index is 0.00916. The molecule has 0 atom stereocenters.